The van der Waals surface area contributed by atoms with E-state index in [4.69, 9.17) is 4.74 Å². The molecule has 4 nitrogen and oxygen atoms in total. The minimum Gasteiger partial charge on any atom is -0.481 e. The summed E-state index contributed by atoms with van der Waals surface area (Å²) in [5.41, 5.74) is 1.82. The number of amides is 1. The highest BCUT2D eigenvalue weighted by molar-refractivity contribution is 5.82. The summed E-state index contributed by atoms with van der Waals surface area (Å²) in [4.78, 5) is 18.5. The lowest BCUT2D eigenvalue weighted by atomic mass is 10.1. The number of carbonyl (C=O) groups is 1. The van der Waals surface area contributed by atoms with Gasteiger partial charge in [0.15, 0.2) is 0 Å². The van der Waals surface area contributed by atoms with Gasteiger partial charge in [-0.2, -0.15) is 0 Å². The van der Waals surface area contributed by atoms with Crippen LogP contribution in [0.25, 0.3) is 0 Å². The maximum Gasteiger partial charge on any atom is 0.226 e. The molecular formula is C18H19FN2O2. The Kier molecular flexibility index (Phi) is 4.28. The number of ether oxygens (including phenoxy) is 1. The molecule has 0 aliphatic heterocycles. The van der Waals surface area contributed by atoms with E-state index >= 15 is 0 Å². The second-order valence-corrected chi connectivity index (χ2v) is 5.87. The summed E-state index contributed by atoms with van der Waals surface area (Å²) in [6, 6.07) is 11.9. The van der Waals surface area contributed by atoms with Crippen molar-refractivity contribution >= 4 is 5.91 Å². The lowest BCUT2D eigenvalue weighted by Gasteiger charge is -2.17. The number of hydrogen-bond donors (Lipinski definition) is 0. The Bertz CT molecular complexity index is 702. The summed E-state index contributed by atoms with van der Waals surface area (Å²) in [7, 11) is 3.35. The number of carbonyl (C=O) groups excluding carboxylic acids is 1. The fraction of sp³-hybridized carbons (Fsp3) is 0.333. The molecule has 0 saturated heterocycles. The van der Waals surface area contributed by atoms with Gasteiger partial charge >= 0.3 is 0 Å². The topological polar surface area (TPSA) is 42.4 Å². The summed E-state index contributed by atoms with van der Waals surface area (Å²) in [6.07, 6.45) is 0.820. The second kappa shape index (κ2) is 6.36. The van der Waals surface area contributed by atoms with Crippen LogP contribution >= 0.6 is 0 Å². The molecule has 1 aliphatic carbocycles. The number of nitrogens with zero attached hydrogens (tertiary/aromatic N) is 2. The first-order valence-electron chi connectivity index (χ1n) is 7.59. The standard InChI is InChI=1S/C18H19FN2O2/c1-21(11-14-4-3-5-17(20-14)23-2)18(22)16-10-15(16)12-6-8-13(19)9-7-12/h3-9,15-16H,10-11H2,1-2H3/t15-,16+/m0/s1. The Morgan fingerprint density at radius 2 is 2.04 bits per heavy atom. The third kappa shape index (κ3) is 3.50. The van der Waals surface area contributed by atoms with E-state index in [1.165, 1.54) is 12.1 Å². The highest BCUT2D eigenvalue weighted by Crippen LogP contribution is 2.48. The average molecular weight is 314 g/mol. The molecule has 1 aromatic carbocycles. The van der Waals surface area contributed by atoms with Crippen LogP contribution in [0.4, 0.5) is 4.39 Å². The smallest absolute Gasteiger partial charge is 0.226 e. The number of benzene rings is 1. The van der Waals surface area contributed by atoms with Gasteiger partial charge in [0.25, 0.3) is 0 Å². The van der Waals surface area contributed by atoms with E-state index in [9.17, 15) is 9.18 Å². The molecule has 1 fully saturated rings. The van der Waals surface area contributed by atoms with Crippen molar-refractivity contribution in [3.05, 3.63) is 59.5 Å². The van der Waals surface area contributed by atoms with Crippen molar-refractivity contribution in [2.75, 3.05) is 14.2 Å². The first kappa shape index (κ1) is 15.5. The predicted molar refractivity (Wildman–Crippen MR) is 84.5 cm³/mol. The first-order chi connectivity index (χ1) is 11.1. The molecule has 2 atom stereocenters. The molecule has 1 heterocycles. The number of hydrogen-bond acceptors (Lipinski definition) is 3. The van der Waals surface area contributed by atoms with Gasteiger partial charge in [0.05, 0.1) is 19.3 Å². The summed E-state index contributed by atoms with van der Waals surface area (Å²) in [5.74, 6) is 0.571. The summed E-state index contributed by atoms with van der Waals surface area (Å²) < 4.78 is 18.1. The maximum absolute atomic E-state index is 13.0. The van der Waals surface area contributed by atoms with Crippen LogP contribution in [0, 0.1) is 11.7 Å². The van der Waals surface area contributed by atoms with Gasteiger partial charge < -0.3 is 9.64 Å². The van der Waals surface area contributed by atoms with Crippen molar-refractivity contribution in [3.8, 4) is 5.88 Å². The van der Waals surface area contributed by atoms with E-state index in [0.29, 0.717) is 12.4 Å². The number of pyridine rings is 1. The van der Waals surface area contributed by atoms with Crippen LogP contribution in [0.15, 0.2) is 42.5 Å². The van der Waals surface area contributed by atoms with E-state index < -0.39 is 0 Å². The lowest BCUT2D eigenvalue weighted by molar-refractivity contribution is -0.131. The van der Waals surface area contributed by atoms with Gasteiger partial charge in [-0.3, -0.25) is 4.79 Å². The van der Waals surface area contributed by atoms with Gasteiger partial charge in [0, 0.05) is 19.0 Å². The van der Waals surface area contributed by atoms with Gasteiger partial charge in [-0.25, -0.2) is 9.37 Å². The third-order valence-electron chi connectivity index (χ3n) is 4.17. The molecule has 120 valence electrons. The molecule has 2 aromatic rings. The molecule has 23 heavy (non-hydrogen) atoms. The molecule has 1 saturated carbocycles. The van der Waals surface area contributed by atoms with Crippen LogP contribution in [0.3, 0.4) is 0 Å². The zero-order chi connectivity index (χ0) is 16.4. The number of rotatable bonds is 5. The lowest BCUT2D eigenvalue weighted by Crippen LogP contribution is -2.28. The Hall–Kier alpha value is -2.43. The number of halogens is 1. The van der Waals surface area contributed by atoms with E-state index in [1.807, 2.05) is 12.1 Å². The third-order valence-corrected chi connectivity index (χ3v) is 4.17. The van der Waals surface area contributed by atoms with Gasteiger partial charge in [-0.1, -0.05) is 18.2 Å². The van der Waals surface area contributed by atoms with Gasteiger partial charge in [0.1, 0.15) is 5.82 Å². The van der Waals surface area contributed by atoms with Crippen LogP contribution in [-0.2, 0) is 11.3 Å². The van der Waals surface area contributed by atoms with Crippen molar-refractivity contribution in [2.45, 2.75) is 18.9 Å². The highest BCUT2D eigenvalue weighted by atomic mass is 19.1. The SMILES string of the molecule is COc1cccc(CN(C)C(=O)[C@@H]2C[C@H]2c2ccc(F)cc2)n1. The Morgan fingerprint density at radius 3 is 2.74 bits per heavy atom. The minimum atomic E-state index is -0.251. The average Bonchev–Trinajstić information content (AvgIpc) is 3.35. The molecule has 1 amide bonds. The van der Waals surface area contributed by atoms with Gasteiger partial charge in [-0.05, 0) is 36.1 Å². The molecular weight excluding hydrogens is 295 g/mol. The van der Waals surface area contributed by atoms with E-state index in [0.717, 1.165) is 17.7 Å². The predicted octanol–water partition coefficient (Wildman–Crippen LogP) is 2.99. The zero-order valence-electron chi connectivity index (χ0n) is 13.2. The van der Waals surface area contributed by atoms with Gasteiger partial charge in [-0.15, -0.1) is 0 Å². The molecule has 5 heteroatoms. The van der Waals surface area contributed by atoms with Crippen LogP contribution in [0.2, 0.25) is 0 Å². The minimum absolute atomic E-state index is 0.0175. The van der Waals surface area contributed by atoms with Crippen LogP contribution in [0.1, 0.15) is 23.6 Å². The second-order valence-electron chi connectivity index (χ2n) is 5.87. The van der Waals surface area contributed by atoms with Gasteiger partial charge in [0.2, 0.25) is 11.8 Å². The highest BCUT2D eigenvalue weighted by Gasteiger charge is 2.45. The monoisotopic (exact) mass is 314 g/mol. The largest absolute Gasteiger partial charge is 0.481 e. The Balaban J connectivity index is 1.61. The van der Waals surface area contributed by atoms with Crippen molar-refractivity contribution in [2.24, 2.45) is 5.92 Å². The quantitative estimate of drug-likeness (QED) is 0.852. The zero-order valence-corrected chi connectivity index (χ0v) is 13.2. The molecule has 0 bridgehead atoms. The Labute approximate surface area is 134 Å². The van der Waals surface area contributed by atoms with Crippen molar-refractivity contribution in [1.29, 1.82) is 0 Å². The number of methoxy groups -OCH3 is 1. The fourth-order valence-electron chi connectivity index (χ4n) is 2.81. The molecule has 0 unspecified atom stereocenters. The molecule has 0 spiro atoms. The summed E-state index contributed by atoms with van der Waals surface area (Å²) in [6.45, 7) is 0.447. The molecule has 0 radical (unpaired) electrons. The van der Waals surface area contributed by atoms with Crippen molar-refractivity contribution < 1.29 is 13.9 Å². The van der Waals surface area contributed by atoms with Crippen molar-refractivity contribution in [3.63, 3.8) is 0 Å². The molecule has 3 rings (SSSR count). The van der Waals surface area contributed by atoms with Crippen LogP contribution in [0.5, 0.6) is 5.88 Å². The van der Waals surface area contributed by atoms with Crippen LogP contribution in [-0.4, -0.2) is 29.9 Å². The van der Waals surface area contributed by atoms with E-state index in [2.05, 4.69) is 4.98 Å². The number of aromatic nitrogens is 1. The fourth-order valence-corrected chi connectivity index (χ4v) is 2.81. The Morgan fingerprint density at radius 1 is 1.30 bits per heavy atom. The van der Waals surface area contributed by atoms with Crippen molar-refractivity contribution in [1.82, 2.24) is 9.88 Å². The first-order valence-corrected chi connectivity index (χ1v) is 7.59. The maximum atomic E-state index is 13.0. The van der Waals surface area contributed by atoms with E-state index in [1.54, 1.807) is 37.3 Å². The summed E-state index contributed by atoms with van der Waals surface area (Å²) in [5, 5.41) is 0. The summed E-state index contributed by atoms with van der Waals surface area (Å²) >= 11 is 0. The molecule has 1 aliphatic rings. The molecule has 0 N–H and O–H groups in total. The molecule has 1 aromatic heterocycles. The normalized spacial score (nSPS) is 19.3. The van der Waals surface area contributed by atoms with Crippen LogP contribution < -0.4 is 4.74 Å². The van der Waals surface area contributed by atoms with E-state index in [-0.39, 0.29) is 23.6 Å².